The lowest BCUT2D eigenvalue weighted by atomic mass is 9.76. The van der Waals surface area contributed by atoms with Gasteiger partial charge in [0.25, 0.3) is 11.5 Å². The zero-order chi connectivity index (χ0) is 21.0. The molecule has 0 spiro atoms. The standard InChI is InChI=1S/C17H18N4O7/c1-8(13-12(9(2)22)16(24)19-13)15(23)14(20-18)17(25)28-7-10-3-5-11(6-4-10)21(26)27/h3-6,8-9,12-13,22H,7H2,1-2H3,(H,19,24)/t8?,9-,12+,13+/m0/s1. The first-order valence-electron chi connectivity index (χ1n) is 8.32. The number of nitrogens with one attached hydrogen (secondary N) is 1. The van der Waals surface area contributed by atoms with Crippen molar-refractivity contribution in [3.8, 4) is 0 Å². The molecule has 0 bridgehead atoms. The van der Waals surface area contributed by atoms with E-state index < -0.39 is 52.3 Å². The average molecular weight is 390 g/mol. The quantitative estimate of drug-likeness (QED) is 0.0919. The number of ketones is 1. The van der Waals surface area contributed by atoms with Crippen molar-refractivity contribution in [1.82, 2.24) is 5.32 Å². The number of benzene rings is 1. The highest BCUT2D eigenvalue weighted by molar-refractivity contribution is 6.62. The van der Waals surface area contributed by atoms with E-state index in [0.717, 1.165) is 0 Å². The monoisotopic (exact) mass is 390 g/mol. The van der Waals surface area contributed by atoms with Crippen LogP contribution in [0, 0.1) is 22.0 Å². The van der Waals surface area contributed by atoms with Crippen LogP contribution in [0.1, 0.15) is 19.4 Å². The number of hydrogen-bond donors (Lipinski definition) is 2. The Labute approximate surface area is 159 Å². The fourth-order valence-electron chi connectivity index (χ4n) is 2.87. The van der Waals surface area contributed by atoms with Gasteiger partial charge in [-0.15, -0.1) is 0 Å². The summed E-state index contributed by atoms with van der Waals surface area (Å²) in [5, 5.41) is 22.7. The Bertz CT molecular complexity index is 859. The van der Waals surface area contributed by atoms with Crippen molar-refractivity contribution in [2.24, 2.45) is 11.8 Å². The molecule has 1 aliphatic rings. The molecule has 1 unspecified atom stereocenters. The number of esters is 1. The van der Waals surface area contributed by atoms with Crippen LogP contribution in [0.25, 0.3) is 5.53 Å². The predicted octanol–water partition coefficient (Wildman–Crippen LogP) is 0.00940. The Morgan fingerprint density at radius 1 is 1.36 bits per heavy atom. The maximum atomic E-state index is 12.5. The number of ether oxygens (including phenoxy) is 1. The number of carbonyl (C=O) groups is 3. The highest BCUT2D eigenvalue weighted by atomic mass is 16.6. The molecule has 2 rings (SSSR count). The molecule has 0 radical (unpaired) electrons. The number of aliphatic hydroxyl groups excluding tert-OH is 1. The molecule has 1 aromatic carbocycles. The molecule has 0 saturated carbocycles. The van der Waals surface area contributed by atoms with Gasteiger partial charge in [0.15, 0.2) is 0 Å². The van der Waals surface area contributed by atoms with E-state index in [1.807, 2.05) is 0 Å². The average Bonchev–Trinajstić information content (AvgIpc) is 2.63. The van der Waals surface area contributed by atoms with Gasteiger partial charge in [-0.05, 0) is 24.6 Å². The highest BCUT2D eigenvalue weighted by Gasteiger charge is 2.50. The summed E-state index contributed by atoms with van der Waals surface area (Å²) in [6.07, 6.45) is -0.988. The molecule has 4 atom stereocenters. The number of non-ortho nitro benzene ring substituents is 1. The van der Waals surface area contributed by atoms with Gasteiger partial charge in [0.2, 0.25) is 5.91 Å². The summed E-state index contributed by atoms with van der Waals surface area (Å²) in [6, 6.07) is 4.50. The zero-order valence-corrected chi connectivity index (χ0v) is 15.1. The molecule has 1 aromatic rings. The molecular formula is C17H18N4O7. The van der Waals surface area contributed by atoms with E-state index in [-0.39, 0.29) is 12.3 Å². The van der Waals surface area contributed by atoms with Crippen LogP contribution in [0.4, 0.5) is 5.69 Å². The summed E-state index contributed by atoms with van der Waals surface area (Å²) in [6.45, 7) is 2.54. The number of nitro benzene ring substituents is 1. The maximum absolute atomic E-state index is 12.5. The van der Waals surface area contributed by atoms with Gasteiger partial charge in [-0.2, -0.15) is 4.79 Å². The van der Waals surface area contributed by atoms with E-state index in [0.29, 0.717) is 5.56 Å². The number of rotatable bonds is 8. The van der Waals surface area contributed by atoms with Gasteiger partial charge >= 0.3 is 11.7 Å². The number of hydrogen-bond acceptors (Lipinski definition) is 7. The third-order valence-corrected chi connectivity index (χ3v) is 4.51. The Kier molecular flexibility index (Phi) is 6.34. The third-order valence-electron chi connectivity index (χ3n) is 4.51. The molecule has 1 heterocycles. The molecule has 11 nitrogen and oxygen atoms in total. The minimum atomic E-state index is -1.18. The summed E-state index contributed by atoms with van der Waals surface area (Å²) in [5.41, 5.74) is 8.51. The fraction of sp³-hybridized carbons (Fsp3) is 0.412. The molecule has 2 N–H and O–H groups in total. The van der Waals surface area contributed by atoms with Gasteiger partial charge in [-0.1, -0.05) is 6.92 Å². The number of carbonyl (C=O) groups excluding carboxylic acids is 3. The van der Waals surface area contributed by atoms with Crippen molar-refractivity contribution in [3.05, 3.63) is 45.5 Å². The van der Waals surface area contributed by atoms with E-state index >= 15 is 0 Å². The molecule has 1 saturated heterocycles. The molecule has 1 aliphatic heterocycles. The van der Waals surface area contributed by atoms with Crippen LogP contribution in [0.15, 0.2) is 24.3 Å². The van der Waals surface area contributed by atoms with E-state index in [9.17, 15) is 29.6 Å². The highest BCUT2D eigenvalue weighted by Crippen LogP contribution is 2.26. The van der Waals surface area contributed by atoms with Crippen molar-refractivity contribution in [1.29, 1.82) is 0 Å². The first-order valence-corrected chi connectivity index (χ1v) is 8.32. The minimum Gasteiger partial charge on any atom is -0.452 e. The lowest BCUT2D eigenvalue weighted by Gasteiger charge is -2.40. The number of nitro groups is 1. The zero-order valence-electron chi connectivity index (χ0n) is 15.1. The van der Waals surface area contributed by atoms with Crippen molar-refractivity contribution in [2.75, 3.05) is 0 Å². The van der Waals surface area contributed by atoms with Gasteiger partial charge in [0.05, 0.1) is 23.0 Å². The topological polar surface area (TPSA) is 172 Å². The lowest BCUT2D eigenvalue weighted by molar-refractivity contribution is -0.384. The van der Waals surface area contributed by atoms with Crippen molar-refractivity contribution in [2.45, 2.75) is 32.6 Å². The molecule has 0 aromatic heterocycles. The van der Waals surface area contributed by atoms with E-state index in [1.54, 1.807) is 0 Å². The van der Waals surface area contributed by atoms with Crippen molar-refractivity contribution in [3.63, 3.8) is 0 Å². The van der Waals surface area contributed by atoms with E-state index in [2.05, 4.69) is 10.1 Å². The van der Waals surface area contributed by atoms with Crippen LogP contribution in [-0.2, 0) is 25.7 Å². The first kappa shape index (κ1) is 20.9. The Morgan fingerprint density at radius 2 is 1.96 bits per heavy atom. The Balaban J connectivity index is 2.00. The molecule has 148 valence electrons. The first-order chi connectivity index (χ1) is 13.2. The largest absolute Gasteiger partial charge is 0.452 e. The minimum absolute atomic E-state index is 0.132. The van der Waals surface area contributed by atoms with E-state index in [1.165, 1.54) is 38.1 Å². The van der Waals surface area contributed by atoms with Crippen molar-refractivity contribution < 1.29 is 33.9 Å². The van der Waals surface area contributed by atoms with Crippen LogP contribution in [0.3, 0.4) is 0 Å². The second-order valence-corrected chi connectivity index (χ2v) is 6.40. The van der Waals surface area contributed by atoms with Gasteiger partial charge in [0, 0.05) is 18.1 Å². The maximum Gasteiger partial charge on any atom is 0.441 e. The number of β-lactam (4-membered cyclic amide) rings is 1. The van der Waals surface area contributed by atoms with Gasteiger partial charge in [-0.25, -0.2) is 4.79 Å². The van der Waals surface area contributed by atoms with Gasteiger partial charge < -0.3 is 20.7 Å². The van der Waals surface area contributed by atoms with Gasteiger partial charge in [-0.3, -0.25) is 19.7 Å². The Hall–Kier alpha value is -3.43. The van der Waals surface area contributed by atoms with Crippen LogP contribution in [-0.4, -0.2) is 50.3 Å². The normalized spacial score (nSPS) is 20.0. The Morgan fingerprint density at radius 3 is 2.43 bits per heavy atom. The summed E-state index contributed by atoms with van der Waals surface area (Å²) in [4.78, 5) is 48.8. The molecule has 1 amide bonds. The van der Waals surface area contributed by atoms with E-state index in [4.69, 9.17) is 10.3 Å². The second kappa shape index (κ2) is 8.51. The third kappa shape index (κ3) is 4.27. The number of Topliss-reactive ketones (excluding diaryl/α,β-unsaturated/α-hetero) is 1. The number of aliphatic hydroxyl groups is 1. The van der Waals surface area contributed by atoms with Gasteiger partial charge in [0.1, 0.15) is 6.61 Å². The molecule has 1 fully saturated rings. The molecule has 0 aliphatic carbocycles. The number of amides is 1. The molecule has 28 heavy (non-hydrogen) atoms. The molecule has 11 heteroatoms. The second-order valence-electron chi connectivity index (χ2n) is 6.40. The summed E-state index contributed by atoms with van der Waals surface area (Å²) >= 11 is 0. The lowest BCUT2D eigenvalue weighted by Crippen LogP contribution is -2.66. The summed E-state index contributed by atoms with van der Waals surface area (Å²) < 4.78 is 4.92. The summed E-state index contributed by atoms with van der Waals surface area (Å²) in [5.74, 6) is -4.20. The van der Waals surface area contributed by atoms with Crippen LogP contribution in [0.2, 0.25) is 0 Å². The predicted molar refractivity (Wildman–Crippen MR) is 92.8 cm³/mol. The van der Waals surface area contributed by atoms with Crippen LogP contribution in [0.5, 0.6) is 0 Å². The number of nitrogens with zero attached hydrogens (tertiary/aromatic N) is 3. The molecular weight excluding hydrogens is 372 g/mol. The van der Waals surface area contributed by atoms with Crippen LogP contribution >= 0.6 is 0 Å². The SMILES string of the molecule is CC(C(=O)C(=[N+]=[N-])C(=O)OCc1ccc([N+](=O)[O-])cc1)[C@H]1NC(=O)[C@@H]1[C@H](C)O. The fourth-order valence-corrected chi connectivity index (χ4v) is 2.87. The van der Waals surface area contributed by atoms with Crippen LogP contribution < -0.4 is 5.32 Å². The van der Waals surface area contributed by atoms with Crippen molar-refractivity contribution >= 4 is 29.1 Å². The smallest absolute Gasteiger partial charge is 0.441 e. The summed E-state index contributed by atoms with van der Waals surface area (Å²) in [7, 11) is 0.